The zero-order chi connectivity index (χ0) is 18.2. The standard InChI is InChI=1S/C18H18N4O3/c1-11(2)18(3,9-19)21-14(23)8-22-10-20-15-12-6-4-5-7-13(12)25-16(15)17(22)24/h4-7,10-11H,8H2,1-3H3,(H,21,23). The van der Waals surface area contributed by atoms with E-state index < -0.39 is 17.0 Å². The van der Waals surface area contributed by atoms with Gasteiger partial charge in [-0.25, -0.2) is 4.98 Å². The molecule has 0 aliphatic rings. The number of fused-ring (bicyclic) bond motifs is 3. The lowest BCUT2D eigenvalue weighted by atomic mass is 9.90. The third-order valence-corrected chi connectivity index (χ3v) is 4.45. The van der Waals surface area contributed by atoms with E-state index in [1.807, 2.05) is 32.0 Å². The summed E-state index contributed by atoms with van der Waals surface area (Å²) in [4.78, 5) is 29.1. The zero-order valence-electron chi connectivity index (χ0n) is 14.2. The van der Waals surface area contributed by atoms with E-state index in [4.69, 9.17) is 4.42 Å². The molecule has 3 aromatic rings. The van der Waals surface area contributed by atoms with Gasteiger partial charge in [0, 0.05) is 5.39 Å². The van der Waals surface area contributed by atoms with Crippen molar-refractivity contribution >= 4 is 28.0 Å². The normalized spacial score (nSPS) is 13.7. The van der Waals surface area contributed by atoms with E-state index in [-0.39, 0.29) is 18.0 Å². The number of hydrogen-bond acceptors (Lipinski definition) is 5. The summed E-state index contributed by atoms with van der Waals surface area (Å²) < 4.78 is 6.76. The highest BCUT2D eigenvalue weighted by atomic mass is 16.3. The fraction of sp³-hybridized carbons (Fsp3) is 0.333. The average molecular weight is 338 g/mol. The Bertz CT molecular complexity index is 1060. The summed E-state index contributed by atoms with van der Waals surface area (Å²) in [5.74, 6) is -0.508. The summed E-state index contributed by atoms with van der Waals surface area (Å²) >= 11 is 0. The maximum Gasteiger partial charge on any atom is 0.297 e. The lowest BCUT2D eigenvalue weighted by Gasteiger charge is -2.27. The summed E-state index contributed by atoms with van der Waals surface area (Å²) in [5, 5.41) is 12.7. The first-order valence-electron chi connectivity index (χ1n) is 7.94. The van der Waals surface area contributed by atoms with Gasteiger partial charge in [0.1, 0.15) is 23.2 Å². The van der Waals surface area contributed by atoms with Crippen molar-refractivity contribution in [2.24, 2.45) is 5.92 Å². The number of nitrogens with zero attached hydrogens (tertiary/aromatic N) is 3. The fourth-order valence-electron chi connectivity index (χ4n) is 2.51. The van der Waals surface area contributed by atoms with Crippen LogP contribution in [0.25, 0.3) is 22.1 Å². The number of nitrogens with one attached hydrogen (secondary N) is 1. The van der Waals surface area contributed by atoms with Crippen molar-refractivity contribution in [2.75, 3.05) is 0 Å². The van der Waals surface area contributed by atoms with Crippen LogP contribution in [-0.4, -0.2) is 21.0 Å². The van der Waals surface area contributed by atoms with Crippen molar-refractivity contribution in [1.29, 1.82) is 5.26 Å². The second-order valence-electron chi connectivity index (χ2n) is 6.47. The van der Waals surface area contributed by atoms with Crippen LogP contribution < -0.4 is 10.9 Å². The quantitative estimate of drug-likeness (QED) is 0.786. The van der Waals surface area contributed by atoms with E-state index in [1.165, 1.54) is 10.9 Å². The summed E-state index contributed by atoms with van der Waals surface area (Å²) in [7, 11) is 0. The largest absolute Gasteiger partial charge is 0.448 e. The van der Waals surface area contributed by atoms with Gasteiger partial charge >= 0.3 is 0 Å². The first-order chi connectivity index (χ1) is 11.9. The minimum absolute atomic E-state index is 0.0749. The van der Waals surface area contributed by atoms with Gasteiger partial charge in [0.05, 0.1) is 12.4 Å². The van der Waals surface area contributed by atoms with Crippen molar-refractivity contribution in [1.82, 2.24) is 14.9 Å². The molecule has 1 atom stereocenters. The Kier molecular flexibility index (Phi) is 4.05. The third kappa shape index (κ3) is 2.87. The summed E-state index contributed by atoms with van der Waals surface area (Å²) in [6.07, 6.45) is 1.32. The molecule has 1 N–H and O–H groups in total. The molecule has 25 heavy (non-hydrogen) atoms. The highest BCUT2D eigenvalue weighted by Gasteiger charge is 2.30. The molecule has 2 aromatic heterocycles. The van der Waals surface area contributed by atoms with Crippen molar-refractivity contribution in [3.05, 3.63) is 40.9 Å². The number of carbonyl (C=O) groups excluding carboxylic acids is 1. The summed E-state index contributed by atoms with van der Waals surface area (Å²) in [6, 6.07) is 9.34. The van der Waals surface area contributed by atoms with Crippen molar-refractivity contribution in [3.8, 4) is 6.07 Å². The fourth-order valence-corrected chi connectivity index (χ4v) is 2.51. The molecule has 2 heterocycles. The minimum atomic E-state index is -1.00. The minimum Gasteiger partial charge on any atom is -0.448 e. The van der Waals surface area contributed by atoms with Crippen LogP contribution in [-0.2, 0) is 11.3 Å². The molecule has 0 radical (unpaired) electrons. The SMILES string of the molecule is CC(C)C(C)(C#N)NC(=O)Cn1cnc2c(oc3ccccc32)c1=O. The number of benzene rings is 1. The molecule has 7 heteroatoms. The molecule has 3 rings (SSSR count). The lowest BCUT2D eigenvalue weighted by Crippen LogP contribution is -2.50. The molecule has 0 fully saturated rings. The van der Waals surface area contributed by atoms with Crippen molar-refractivity contribution in [3.63, 3.8) is 0 Å². The second kappa shape index (κ2) is 6.06. The highest BCUT2D eigenvalue weighted by Crippen LogP contribution is 2.24. The van der Waals surface area contributed by atoms with Crippen molar-refractivity contribution < 1.29 is 9.21 Å². The maximum absolute atomic E-state index is 12.6. The van der Waals surface area contributed by atoms with Gasteiger partial charge in [0.25, 0.3) is 5.56 Å². The number of hydrogen-bond donors (Lipinski definition) is 1. The molecule has 0 saturated carbocycles. The van der Waals surface area contributed by atoms with Gasteiger partial charge in [-0.1, -0.05) is 26.0 Å². The Morgan fingerprint density at radius 3 is 2.84 bits per heavy atom. The van der Waals surface area contributed by atoms with Gasteiger partial charge in [-0.2, -0.15) is 5.26 Å². The molecular formula is C18H18N4O3. The Morgan fingerprint density at radius 2 is 2.16 bits per heavy atom. The van der Waals surface area contributed by atoms with Crippen LogP contribution in [0.1, 0.15) is 20.8 Å². The van der Waals surface area contributed by atoms with E-state index in [0.717, 1.165) is 5.39 Å². The van der Waals surface area contributed by atoms with Crippen LogP contribution in [0.3, 0.4) is 0 Å². The van der Waals surface area contributed by atoms with Gasteiger partial charge in [-0.05, 0) is 25.0 Å². The van der Waals surface area contributed by atoms with Gasteiger partial charge in [-0.15, -0.1) is 0 Å². The molecular weight excluding hydrogens is 320 g/mol. The van der Waals surface area contributed by atoms with E-state index in [9.17, 15) is 14.9 Å². The van der Waals surface area contributed by atoms with Crippen LogP contribution in [0, 0.1) is 17.2 Å². The number of para-hydroxylation sites is 1. The monoisotopic (exact) mass is 338 g/mol. The molecule has 0 spiro atoms. The Hall–Kier alpha value is -3.14. The molecule has 0 saturated heterocycles. The number of carbonyl (C=O) groups is 1. The molecule has 128 valence electrons. The molecule has 0 bridgehead atoms. The van der Waals surface area contributed by atoms with Gasteiger partial charge in [0.15, 0.2) is 0 Å². The highest BCUT2D eigenvalue weighted by molar-refractivity contribution is 6.01. The second-order valence-corrected chi connectivity index (χ2v) is 6.47. The van der Waals surface area contributed by atoms with Gasteiger partial charge in [0.2, 0.25) is 11.5 Å². The topological polar surface area (TPSA) is 101 Å². The smallest absolute Gasteiger partial charge is 0.297 e. The number of aromatic nitrogens is 2. The third-order valence-electron chi connectivity index (χ3n) is 4.45. The number of furan rings is 1. The van der Waals surface area contributed by atoms with Gasteiger partial charge in [-0.3, -0.25) is 14.2 Å². The van der Waals surface area contributed by atoms with Crippen LogP contribution >= 0.6 is 0 Å². The van der Waals surface area contributed by atoms with Gasteiger partial charge < -0.3 is 9.73 Å². The van der Waals surface area contributed by atoms with Crippen molar-refractivity contribution in [2.45, 2.75) is 32.9 Å². The summed E-state index contributed by atoms with van der Waals surface area (Å²) in [5.41, 5.74) is -0.275. The lowest BCUT2D eigenvalue weighted by molar-refractivity contribution is -0.123. The summed E-state index contributed by atoms with van der Waals surface area (Å²) in [6.45, 7) is 5.11. The first-order valence-corrected chi connectivity index (χ1v) is 7.94. The Morgan fingerprint density at radius 1 is 1.44 bits per heavy atom. The average Bonchev–Trinajstić information content (AvgIpc) is 2.96. The first kappa shape index (κ1) is 16.7. The molecule has 0 aliphatic carbocycles. The Labute approximate surface area is 143 Å². The van der Waals surface area contributed by atoms with E-state index in [1.54, 1.807) is 13.0 Å². The number of nitriles is 1. The maximum atomic E-state index is 12.6. The molecule has 7 nitrogen and oxygen atoms in total. The van der Waals surface area contributed by atoms with Crippen LogP contribution in [0.2, 0.25) is 0 Å². The van der Waals surface area contributed by atoms with E-state index >= 15 is 0 Å². The van der Waals surface area contributed by atoms with Crippen LogP contribution in [0.4, 0.5) is 0 Å². The van der Waals surface area contributed by atoms with Crippen LogP contribution in [0.5, 0.6) is 0 Å². The predicted octanol–water partition coefficient (Wildman–Crippen LogP) is 2.20. The molecule has 1 aromatic carbocycles. The zero-order valence-corrected chi connectivity index (χ0v) is 14.2. The Balaban J connectivity index is 1.94. The molecule has 0 aliphatic heterocycles. The molecule has 1 amide bonds. The number of rotatable bonds is 4. The van der Waals surface area contributed by atoms with Crippen LogP contribution in [0.15, 0.2) is 39.8 Å². The van der Waals surface area contributed by atoms with E-state index in [0.29, 0.717) is 11.1 Å². The van der Waals surface area contributed by atoms with E-state index in [2.05, 4.69) is 16.4 Å². The number of amides is 1. The predicted molar refractivity (Wildman–Crippen MR) is 92.8 cm³/mol. The molecule has 1 unspecified atom stereocenters.